The third-order valence-electron chi connectivity index (χ3n) is 4.31. The number of halogens is 2. The fraction of sp³-hybridized carbons (Fsp3) is 0.467. The fourth-order valence-corrected chi connectivity index (χ4v) is 3.41. The zero-order valence-electron chi connectivity index (χ0n) is 12.6. The van der Waals surface area contributed by atoms with Crippen LogP contribution < -0.4 is 4.74 Å². The van der Waals surface area contributed by atoms with Crippen LogP contribution in [-0.2, 0) is 11.2 Å². The number of carboxylic acids is 1. The average Bonchev–Trinajstić information content (AvgIpc) is 2.84. The van der Waals surface area contributed by atoms with Gasteiger partial charge < -0.3 is 20.2 Å². The summed E-state index contributed by atoms with van der Waals surface area (Å²) in [6.07, 6.45) is 0.385. The summed E-state index contributed by atoms with van der Waals surface area (Å²) in [5, 5.41) is 31.6. The highest BCUT2D eigenvalue weighted by molar-refractivity contribution is 6.45. The second kappa shape index (κ2) is 6.55. The predicted molar refractivity (Wildman–Crippen MR) is 86.0 cm³/mol. The number of aliphatic hydroxyl groups excluding tert-OH is 1. The summed E-state index contributed by atoms with van der Waals surface area (Å²) < 4.78 is 5.15. The lowest BCUT2D eigenvalue weighted by Crippen LogP contribution is -2.38. The lowest BCUT2D eigenvalue weighted by atomic mass is 9.74. The number of hydrogen-bond donors (Lipinski definition) is 3. The highest BCUT2D eigenvalue weighted by Gasteiger charge is 2.47. The van der Waals surface area contributed by atoms with Crippen molar-refractivity contribution in [3.8, 4) is 5.75 Å². The number of fused-ring (bicyclic) bond motifs is 1. The van der Waals surface area contributed by atoms with Crippen molar-refractivity contribution in [1.29, 1.82) is 0 Å². The van der Waals surface area contributed by atoms with Gasteiger partial charge >= 0.3 is 5.97 Å². The summed E-state index contributed by atoms with van der Waals surface area (Å²) in [5.41, 5.74) is 0.650. The van der Waals surface area contributed by atoms with Crippen LogP contribution >= 0.6 is 23.2 Å². The van der Waals surface area contributed by atoms with Gasteiger partial charge in [-0.05, 0) is 24.0 Å². The van der Waals surface area contributed by atoms with E-state index in [0.29, 0.717) is 17.5 Å². The molecule has 3 N–H and O–H groups in total. The minimum absolute atomic E-state index is 0.0240. The highest BCUT2D eigenvalue weighted by atomic mass is 35.5. The maximum atomic E-state index is 10.7. The normalized spacial score (nSPS) is 21.7. The van der Waals surface area contributed by atoms with Gasteiger partial charge in [0.1, 0.15) is 10.8 Å². The van der Waals surface area contributed by atoms with Crippen LogP contribution in [0.5, 0.6) is 5.75 Å². The molecule has 1 unspecified atom stereocenters. The molecule has 0 saturated carbocycles. The Morgan fingerprint density at radius 1 is 1.43 bits per heavy atom. The number of nitrogens with zero attached hydrogens (tertiary/aromatic N) is 1. The number of ether oxygens (including phenoxy) is 1. The van der Waals surface area contributed by atoms with Gasteiger partial charge in [0.25, 0.3) is 0 Å². The van der Waals surface area contributed by atoms with E-state index in [4.69, 9.17) is 33.0 Å². The van der Waals surface area contributed by atoms with Crippen LogP contribution in [0.15, 0.2) is 11.2 Å². The molecule has 0 bridgehead atoms. The average molecular weight is 362 g/mol. The lowest BCUT2D eigenvalue weighted by molar-refractivity contribution is -0.139. The van der Waals surface area contributed by atoms with Crippen molar-refractivity contribution in [1.82, 2.24) is 0 Å². The van der Waals surface area contributed by atoms with Gasteiger partial charge in [0.15, 0.2) is 6.61 Å². The Morgan fingerprint density at radius 2 is 2.09 bits per heavy atom. The quantitative estimate of drug-likeness (QED) is 0.553. The Bertz CT molecular complexity index is 674. The van der Waals surface area contributed by atoms with E-state index in [1.165, 1.54) is 0 Å². The van der Waals surface area contributed by atoms with Crippen molar-refractivity contribution in [2.75, 3.05) is 13.2 Å². The minimum atomic E-state index is -1.14. The third kappa shape index (κ3) is 2.86. The maximum absolute atomic E-state index is 10.7. The van der Waals surface area contributed by atoms with Crippen molar-refractivity contribution in [3.63, 3.8) is 0 Å². The molecule has 2 rings (SSSR count). The molecule has 0 radical (unpaired) electrons. The van der Waals surface area contributed by atoms with Gasteiger partial charge in [0.05, 0.1) is 17.3 Å². The second-order valence-electron chi connectivity index (χ2n) is 5.81. The number of aliphatic hydroxyl groups is 1. The maximum Gasteiger partial charge on any atom is 0.341 e. The summed E-state index contributed by atoms with van der Waals surface area (Å²) in [6, 6.07) is 1.58. The van der Waals surface area contributed by atoms with Crippen molar-refractivity contribution in [2.45, 2.75) is 20.3 Å². The molecule has 0 aliphatic heterocycles. The van der Waals surface area contributed by atoms with Crippen LogP contribution in [0.4, 0.5) is 0 Å². The first-order valence-electron chi connectivity index (χ1n) is 6.97. The number of benzene rings is 1. The molecule has 1 aliphatic carbocycles. The summed E-state index contributed by atoms with van der Waals surface area (Å²) in [5.74, 6) is -1.01. The fourth-order valence-electron chi connectivity index (χ4n) is 2.91. The van der Waals surface area contributed by atoms with E-state index in [2.05, 4.69) is 5.16 Å². The first-order chi connectivity index (χ1) is 10.8. The van der Waals surface area contributed by atoms with Crippen molar-refractivity contribution in [2.24, 2.45) is 16.5 Å². The van der Waals surface area contributed by atoms with Gasteiger partial charge in [-0.3, -0.25) is 0 Å². The van der Waals surface area contributed by atoms with E-state index < -0.39 is 18.0 Å². The second-order valence-corrected chi connectivity index (χ2v) is 6.57. The zero-order valence-corrected chi connectivity index (χ0v) is 14.1. The Labute approximate surface area is 143 Å². The topological polar surface area (TPSA) is 99.4 Å². The van der Waals surface area contributed by atoms with Crippen LogP contribution in [0.25, 0.3) is 0 Å². The Hall–Kier alpha value is -1.50. The van der Waals surface area contributed by atoms with Crippen molar-refractivity contribution >= 4 is 34.9 Å². The van der Waals surface area contributed by atoms with E-state index in [0.717, 1.165) is 0 Å². The SMILES string of the molecule is CC(C)C1(CO)Cc2cc(OCC(=O)O)c(Cl)c(Cl)c2C1=NO. The molecule has 0 amide bonds. The summed E-state index contributed by atoms with van der Waals surface area (Å²) >= 11 is 12.4. The van der Waals surface area contributed by atoms with Gasteiger partial charge in [0.2, 0.25) is 0 Å². The standard InChI is InChI=1S/C15H17Cl2NO5/c1-7(2)15(6-19)4-8-3-9(23-5-10(20)21)12(16)13(17)11(8)14(15)18-22/h3,7,19,22H,4-6H2,1-2H3,(H,20,21). The number of aliphatic carboxylic acids is 1. The van der Waals surface area contributed by atoms with E-state index in [1.54, 1.807) is 6.07 Å². The molecule has 8 heteroatoms. The Balaban J connectivity index is 2.57. The monoisotopic (exact) mass is 361 g/mol. The third-order valence-corrected chi connectivity index (χ3v) is 5.16. The van der Waals surface area contributed by atoms with E-state index in [-0.39, 0.29) is 34.0 Å². The number of oxime groups is 1. The smallest absolute Gasteiger partial charge is 0.341 e. The van der Waals surface area contributed by atoms with Gasteiger partial charge in [-0.25, -0.2) is 4.79 Å². The lowest BCUT2D eigenvalue weighted by Gasteiger charge is -2.31. The molecule has 1 aromatic carbocycles. The van der Waals surface area contributed by atoms with Crippen LogP contribution in [0, 0.1) is 11.3 Å². The van der Waals surface area contributed by atoms with Crippen molar-refractivity contribution in [3.05, 3.63) is 27.2 Å². The van der Waals surface area contributed by atoms with Crippen LogP contribution in [0.2, 0.25) is 10.0 Å². The van der Waals surface area contributed by atoms with E-state index >= 15 is 0 Å². The van der Waals surface area contributed by atoms with Crippen LogP contribution in [-0.4, -0.2) is 40.3 Å². The van der Waals surface area contributed by atoms with E-state index in [1.807, 2.05) is 13.8 Å². The van der Waals surface area contributed by atoms with Gasteiger partial charge in [-0.2, -0.15) is 0 Å². The number of hydrogen-bond acceptors (Lipinski definition) is 5. The Morgan fingerprint density at radius 3 is 2.57 bits per heavy atom. The molecule has 1 atom stereocenters. The van der Waals surface area contributed by atoms with Crippen LogP contribution in [0.1, 0.15) is 25.0 Å². The molecule has 23 heavy (non-hydrogen) atoms. The molecule has 1 aliphatic rings. The minimum Gasteiger partial charge on any atom is -0.480 e. The molecule has 0 spiro atoms. The summed E-state index contributed by atoms with van der Waals surface area (Å²) in [4.78, 5) is 10.7. The molecule has 126 valence electrons. The molecule has 1 aromatic rings. The van der Waals surface area contributed by atoms with E-state index in [9.17, 15) is 15.1 Å². The highest BCUT2D eigenvalue weighted by Crippen LogP contribution is 2.49. The largest absolute Gasteiger partial charge is 0.480 e. The zero-order chi connectivity index (χ0) is 17.4. The molecule has 0 heterocycles. The molecular formula is C15H17Cl2NO5. The van der Waals surface area contributed by atoms with Gasteiger partial charge in [0, 0.05) is 11.0 Å². The van der Waals surface area contributed by atoms with Gasteiger partial charge in [-0.1, -0.05) is 42.2 Å². The molecule has 0 saturated heterocycles. The first kappa shape index (κ1) is 17.8. The number of carbonyl (C=O) groups is 1. The molecule has 0 fully saturated rings. The van der Waals surface area contributed by atoms with Crippen molar-refractivity contribution < 1.29 is 25.0 Å². The Kier molecular flexibility index (Phi) is 5.08. The summed E-state index contributed by atoms with van der Waals surface area (Å²) in [7, 11) is 0. The molecule has 6 nitrogen and oxygen atoms in total. The van der Waals surface area contributed by atoms with Gasteiger partial charge in [-0.15, -0.1) is 0 Å². The number of carboxylic acid groups (broad SMARTS) is 1. The molecular weight excluding hydrogens is 345 g/mol. The van der Waals surface area contributed by atoms with Crippen LogP contribution in [0.3, 0.4) is 0 Å². The summed E-state index contributed by atoms with van der Waals surface area (Å²) in [6.45, 7) is 3.04. The number of rotatable bonds is 5. The molecule has 0 aromatic heterocycles. The predicted octanol–water partition coefficient (Wildman–Crippen LogP) is 2.83. The first-order valence-corrected chi connectivity index (χ1v) is 7.73.